The third-order valence-electron chi connectivity index (χ3n) is 4.11. The minimum Gasteiger partial charge on any atom is -0.360 e. The van der Waals surface area contributed by atoms with Gasteiger partial charge in [0.25, 0.3) is 0 Å². The molecule has 30 heavy (non-hydrogen) atoms. The number of hydrogen-bond donors (Lipinski definition) is 1. The number of rotatable bonds is 8. The lowest BCUT2D eigenvalue weighted by Crippen LogP contribution is -2.15. The second-order valence-electron chi connectivity index (χ2n) is 6.31. The largest absolute Gasteiger partial charge is 0.360 e. The topological polar surface area (TPSA) is 129 Å². The summed E-state index contributed by atoms with van der Waals surface area (Å²) in [7, 11) is 0. The van der Waals surface area contributed by atoms with Crippen LogP contribution in [-0.4, -0.2) is 51.8 Å². The first-order chi connectivity index (χ1) is 14.6. The fourth-order valence-electron chi connectivity index (χ4n) is 2.73. The molecule has 0 aliphatic heterocycles. The zero-order valence-corrected chi connectivity index (χ0v) is 17.2. The molecule has 0 unspecified atom stereocenters. The van der Waals surface area contributed by atoms with E-state index in [0.717, 1.165) is 5.56 Å². The number of amides is 1. The van der Waals surface area contributed by atoms with Crippen molar-refractivity contribution < 1.29 is 9.32 Å². The van der Waals surface area contributed by atoms with Gasteiger partial charge in [0.2, 0.25) is 11.7 Å². The van der Waals surface area contributed by atoms with E-state index >= 15 is 0 Å². The maximum absolute atomic E-state index is 12.1. The Labute approximate surface area is 175 Å². The van der Waals surface area contributed by atoms with Gasteiger partial charge >= 0.3 is 0 Å². The van der Waals surface area contributed by atoms with Gasteiger partial charge in [0.15, 0.2) is 16.8 Å². The smallest absolute Gasteiger partial charge is 0.236 e. The number of carbonyl (C=O) groups excluding carboxylic acids is 1. The van der Waals surface area contributed by atoms with E-state index in [9.17, 15) is 4.79 Å². The van der Waals surface area contributed by atoms with Crippen molar-refractivity contribution in [2.45, 2.75) is 32.1 Å². The standard InChI is InChI=1S/C18H19N9O2S/c1-3-26-15(10-27-23-17(21-25-27)13-7-5-4-6-8-13)20-22-18(26)30-11-16(28)19-14-9-12(2)29-24-14/h4-9H,3,10-11H2,1-2H3,(H,19,24,28). The van der Waals surface area contributed by atoms with Crippen molar-refractivity contribution in [3.63, 3.8) is 0 Å². The molecule has 1 aromatic carbocycles. The molecule has 0 bridgehead atoms. The summed E-state index contributed by atoms with van der Waals surface area (Å²) in [6.07, 6.45) is 0. The molecule has 3 heterocycles. The molecule has 4 rings (SSSR count). The molecule has 0 radical (unpaired) electrons. The molecule has 1 amide bonds. The van der Waals surface area contributed by atoms with Crippen LogP contribution in [0.2, 0.25) is 0 Å². The number of tetrazole rings is 1. The maximum atomic E-state index is 12.1. The third kappa shape index (κ3) is 4.54. The highest BCUT2D eigenvalue weighted by atomic mass is 32.2. The molecule has 1 N–H and O–H groups in total. The zero-order chi connectivity index (χ0) is 20.9. The van der Waals surface area contributed by atoms with Gasteiger partial charge in [0, 0.05) is 18.2 Å². The summed E-state index contributed by atoms with van der Waals surface area (Å²) in [5.41, 5.74) is 0.894. The van der Waals surface area contributed by atoms with Crippen LogP contribution < -0.4 is 5.32 Å². The number of carbonyl (C=O) groups is 1. The number of hydrogen-bond acceptors (Lipinski definition) is 9. The summed E-state index contributed by atoms with van der Waals surface area (Å²) in [5, 5.41) is 28.1. The van der Waals surface area contributed by atoms with Crippen molar-refractivity contribution in [2.75, 3.05) is 11.1 Å². The Morgan fingerprint density at radius 2 is 2.03 bits per heavy atom. The predicted octanol–water partition coefficient (Wildman–Crippen LogP) is 2.03. The van der Waals surface area contributed by atoms with Gasteiger partial charge in [-0.1, -0.05) is 47.3 Å². The molecule has 11 nitrogen and oxygen atoms in total. The third-order valence-corrected chi connectivity index (χ3v) is 5.07. The van der Waals surface area contributed by atoms with Gasteiger partial charge in [0.05, 0.1) is 5.75 Å². The van der Waals surface area contributed by atoms with E-state index in [1.807, 2.05) is 41.8 Å². The van der Waals surface area contributed by atoms with Crippen LogP contribution in [0.3, 0.4) is 0 Å². The van der Waals surface area contributed by atoms with E-state index in [1.165, 1.54) is 16.6 Å². The Morgan fingerprint density at radius 3 is 2.77 bits per heavy atom. The van der Waals surface area contributed by atoms with E-state index < -0.39 is 0 Å². The highest BCUT2D eigenvalue weighted by Crippen LogP contribution is 2.18. The quantitative estimate of drug-likeness (QED) is 0.421. The lowest BCUT2D eigenvalue weighted by molar-refractivity contribution is -0.113. The maximum Gasteiger partial charge on any atom is 0.236 e. The minimum absolute atomic E-state index is 0.170. The first kappa shape index (κ1) is 19.8. The normalized spacial score (nSPS) is 11.0. The molecule has 154 valence electrons. The van der Waals surface area contributed by atoms with Gasteiger partial charge in [-0.25, -0.2) is 0 Å². The van der Waals surface area contributed by atoms with Gasteiger partial charge in [0.1, 0.15) is 12.3 Å². The van der Waals surface area contributed by atoms with Crippen LogP contribution in [0.1, 0.15) is 18.5 Å². The summed E-state index contributed by atoms with van der Waals surface area (Å²) in [6, 6.07) is 11.3. The molecule has 0 atom stereocenters. The Morgan fingerprint density at radius 1 is 1.20 bits per heavy atom. The molecule has 0 fully saturated rings. The summed E-state index contributed by atoms with van der Waals surface area (Å²) >= 11 is 1.29. The Bertz CT molecular complexity index is 1140. The van der Waals surface area contributed by atoms with Crippen molar-refractivity contribution in [3.05, 3.63) is 48.0 Å². The SMILES string of the molecule is CCn1c(Cn2nnc(-c3ccccc3)n2)nnc1SCC(=O)Nc1cc(C)on1. The molecule has 0 saturated heterocycles. The van der Waals surface area contributed by atoms with Crippen LogP contribution in [0.15, 0.2) is 46.1 Å². The first-order valence-electron chi connectivity index (χ1n) is 9.23. The van der Waals surface area contributed by atoms with Crippen molar-refractivity contribution >= 4 is 23.5 Å². The second-order valence-corrected chi connectivity index (χ2v) is 7.25. The zero-order valence-electron chi connectivity index (χ0n) is 16.4. The number of nitrogens with one attached hydrogen (secondary N) is 1. The fourth-order valence-corrected chi connectivity index (χ4v) is 3.56. The lowest BCUT2D eigenvalue weighted by atomic mass is 10.2. The highest BCUT2D eigenvalue weighted by Gasteiger charge is 2.16. The van der Waals surface area contributed by atoms with E-state index in [0.29, 0.717) is 41.5 Å². The van der Waals surface area contributed by atoms with Gasteiger partial charge in [-0.15, -0.1) is 20.4 Å². The van der Waals surface area contributed by atoms with E-state index in [4.69, 9.17) is 4.52 Å². The summed E-state index contributed by atoms with van der Waals surface area (Å²) < 4.78 is 6.86. The average molecular weight is 425 g/mol. The minimum atomic E-state index is -0.203. The number of anilines is 1. The number of aryl methyl sites for hydroxylation is 1. The molecule has 0 aliphatic rings. The summed E-state index contributed by atoms with van der Waals surface area (Å²) in [4.78, 5) is 13.6. The van der Waals surface area contributed by atoms with Crippen molar-refractivity contribution in [1.29, 1.82) is 0 Å². The second kappa shape index (κ2) is 8.86. The van der Waals surface area contributed by atoms with Crippen molar-refractivity contribution in [1.82, 2.24) is 40.1 Å². The van der Waals surface area contributed by atoms with Gasteiger partial charge < -0.3 is 14.4 Å². The monoisotopic (exact) mass is 425 g/mol. The van der Waals surface area contributed by atoms with Crippen LogP contribution in [0.4, 0.5) is 5.82 Å². The van der Waals surface area contributed by atoms with E-state index in [1.54, 1.807) is 13.0 Å². The van der Waals surface area contributed by atoms with Crippen molar-refractivity contribution in [3.8, 4) is 11.4 Å². The predicted molar refractivity (Wildman–Crippen MR) is 109 cm³/mol. The van der Waals surface area contributed by atoms with Crippen LogP contribution >= 0.6 is 11.8 Å². The molecule has 0 aliphatic carbocycles. The first-order valence-corrected chi connectivity index (χ1v) is 10.2. The van der Waals surface area contributed by atoms with Crippen LogP contribution in [0, 0.1) is 6.92 Å². The summed E-state index contributed by atoms with van der Waals surface area (Å²) in [6.45, 7) is 4.72. The Hall–Kier alpha value is -3.54. The molecule has 0 spiro atoms. The van der Waals surface area contributed by atoms with E-state index in [-0.39, 0.29) is 11.7 Å². The number of benzene rings is 1. The average Bonchev–Trinajstić information content (AvgIpc) is 3.48. The molecule has 12 heteroatoms. The molecule has 4 aromatic rings. The van der Waals surface area contributed by atoms with Gasteiger partial charge in [-0.3, -0.25) is 4.79 Å². The fraction of sp³-hybridized carbons (Fsp3) is 0.278. The number of thioether (sulfide) groups is 1. The Balaban J connectivity index is 1.40. The number of aromatic nitrogens is 8. The number of nitrogens with zero attached hydrogens (tertiary/aromatic N) is 8. The summed E-state index contributed by atoms with van der Waals surface area (Å²) in [5.74, 6) is 2.22. The van der Waals surface area contributed by atoms with Crippen LogP contribution in [0.5, 0.6) is 0 Å². The van der Waals surface area contributed by atoms with E-state index in [2.05, 4.69) is 36.1 Å². The highest BCUT2D eigenvalue weighted by molar-refractivity contribution is 7.99. The van der Waals surface area contributed by atoms with Gasteiger partial charge in [-0.2, -0.15) is 4.80 Å². The molecule has 0 saturated carbocycles. The molecular weight excluding hydrogens is 406 g/mol. The molecule has 3 aromatic heterocycles. The molecular formula is C18H19N9O2S. The van der Waals surface area contributed by atoms with Crippen molar-refractivity contribution in [2.24, 2.45) is 0 Å². The lowest BCUT2D eigenvalue weighted by Gasteiger charge is -2.06. The van der Waals surface area contributed by atoms with Crippen LogP contribution in [0.25, 0.3) is 11.4 Å². The van der Waals surface area contributed by atoms with Gasteiger partial charge in [-0.05, 0) is 19.1 Å². The van der Waals surface area contributed by atoms with Crippen LogP contribution in [-0.2, 0) is 17.9 Å². The Kier molecular flexibility index (Phi) is 5.84.